The Morgan fingerprint density at radius 1 is 1.21 bits per heavy atom. The number of amides is 1. The Morgan fingerprint density at radius 2 is 1.93 bits per heavy atom. The van der Waals surface area contributed by atoms with Crippen molar-refractivity contribution < 1.29 is 9.53 Å². The highest BCUT2D eigenvalue weighted by Crippen LogP contribution is 2.36. The molecule has 1 aliphatic carbocycles. The summed E-state index contributed by atoms with van der Waals surface area (Å²) < 4.78 is 5.53. The minimum absolute atomic E-state index is 0.201. The molecule has 0 saturated heterocycles. The Bertz CT molecular complexity index is 913. The number of hydrogen-bond donors (Lipinski definition) is 2. The predicted molar refractivity (Wildman–Crippen MR) is 121 cm³/mol. The van der Waals surface area contributed by atoms with Gasteiger partial charge in [0.15, 0.2) is 5.11 Å². The maximum atomic E-state index is 12.5. The molecule has 1 aromatic carbocycles. The van der Waals surface area contributed by atoms with E-state index in [1.165, 1.54) is 17.7 Å². The second kappa shape index (κ2) is 10.4. The predicted octanol–water partition coefficient (Wildman–Crippen LogP) is 5.19. The SMILES string of the molecule is CCCOc1ccc(C(=O)NC(=S)Nc2sc3c(c2C#N)CCCCCC3)cc1. The molecule has 1 heterocycles. The van der Waals surface area contributed by atoms with Gasteiger partial charge in [0.1, 0.15) is 16.8 Å². The summed E-state index contributed by atoms with van der Waals surface area (Å²) in [5, 5.41) is 16.4. The molecule has 0 unspecified atom stereocenters. The van der Waals surface area contributed by atoms with Gasteiger partial charge in [-0.15, -0.1) is 11.3 Å². The van der Waals surface area contributed by atoms with Crippen molar-refractivity contribution in [3.63, 3.8) is 0 Å². The summed E-state index contributed by atoms with van der Waals surface area (Å²) in [6, 6.07) is 9.29. The topological polar surface area (TPSA) is 74.2 Å². The number of nitriles is 1. The fourth-order valence-electron chi connectivity index (χ4n) is 3.36. The van der Waals surface area contributed by atoms with Gasteiger partial charge in [-0.25, -0.2) is 0 Å². The van der Waals surface area contributed by atoms with Crippen LogP contribution in [0.15, 0.2) is 24.3 Å². The van der Waals surface area contributed by atoms with E-state index in [1.54, 1.807) is 35.6 Å². The Kier molecular flexibility index (Phi) is 7.62. The van der Waals surface area contributed by atoms with E-state index in [0.29, 0.717) is 17.7 Å². The molecular formula is C22H25N3O2S2. The number of nitrogens with one attached hydrogen (secondary N) is 2. The second-order valence-corrected chi connectivity index (χ2v) is 8.53. The third-order valence-corrected chi connectivity index (χ3v) is 6.24. The van der Waals surface area contributed by atoms with E-state index in [-0.39, 0.29) is 11.0 Å². The molecule has 7 heteroatoms. The van der Waals surface area contributed by atoms with E-state index in [9.17, 15) is 10.1 Å². The summed E-state index contributed by atoms with van der Waals surface area (Å²) in [5.41, 5.74) is 2.31. The molecule has 29 heavy (non-hydrogen) atoms. The number of ether oxygens (including phenoxy) is 1. The van der Waals surface area contributed by atoms with E-state index in [0.717, 1.165) is 48.4 Å². The number of hydrogen-bond acceptors (Lipinski definition) is 5. The van der Waals surface area contributed by atoms with Crippen LogP contribution in [0.5, 0.6) is 5.75 Å². The number of thiocarbonyl (C=S) groups is 1. The number of rotatable bonds is 5. The van der Waals surface area contributed by atoms with Crippen LogP contribution in [0.3, 0.4) is 0 Å². The lowest BCUT2D eigenvalue weighted by molar-refractivity contribution is 0.0977. The number of nitrogens with zero attached hydrogens (tertiary/aromatic N) is 1. The smallest absolute Gasteiger partial charge is 0.257 e. The van der Waals surface area contributed by atoms with Gasteiger partial charge in [0.25, 0.3) is 5.91 Å². The summed E-state index contributed by atoms with van der Waals surface area (Å²) in [5.74, 6) is 0.441. The van der Waals surface area contributed by atoms with E-state index >= 15 is 0 Å². The molecule has 0 bridgehead atoms. The van der Waals surface area contributed by atoms with E-state index in [2.05, 4.69) is 16.7 Å². The highest BCUT2D eigenvalue weighted by atomic mass is 32.1. The van der Waals surface area contributed by atoms with Crippen LogP contribution in [0.4, 0.5) is 5.00 Å². The van der Waals surface area contributed by atoms with Crippen molar-refractivity contribution in [2.75, 3.05) is 11.9 Å². The monoisotopic (exact) mass is 427 g/mol. The van der Waals surface area contributed by atoms with Gasteiger partial charge in [0, 0.05) is 10.4 Å². The number of benzene rings is 1. The number of carbonyl (C=O) groups is 1. The van der Waals surface area contributed by atoms with Gasteiger partial charge in [-0.1, -0.05) is 19.8 Å². The van der Waals surface area contributed by atoms with Crippen molar-refractivity contribution in [3.8, 4) is 11.8 Å². The highest BCUT2D eigenvalue weighted by Gasteiger charge is 2.20. The van der Waals surface area contributed by atoms with E-state index in [4.69, 9.17) is 17.0 Å². The third kappa shape index (κ3) is 5.55. The highest BCUT2D eigenvalue weighted by molar-refractivity contribution is 7.80. The maximum absolute atomic E-state index is 12.5. The van der Waals surface area contributed by atoms with Crippen LogP contribution in [-0.4, -0.2) is 17.6 Å². The molecule has 0 spiro atoms. The molecule has 0 saturated carbocycles. The minimum Gasteiger partial charge on any atom is -0.494 e. The molecule has 152 valence electrons. The number of anilines is 1. The van der Waals surface area contributed by atoms with Crippen molar-refractivity contribution in [2.45, 2.75) is 51.9 Å². The quantitative estimate of drug-likeness (QED) is 0.642. The van der Waals surface area contributed by atoms with Crippen LogP contribution >= 0.6 is 23.6 Å². The fourth-order valence-corrected chi connectivity index (χ4v) is 4.86. The molecule has 0 fully saturated rings. The van der Waals surface area contributed by atoms with Crippen LogP contribution < -0.4 is 15.4 Å². The molecule has 0 aliphatic heterocycles. The second-order valence-electron chi connectivity index (χ2n) is 7.02. The Balaban J connectivity index is 1.65. The molecule has 0 radical (unpaired) electrons. The zero-order chi connectivity index (χ0) is 20.6. The average molecular weight is 428 g/mol. The third-order valence-electron chi connectivity index (χ3n) is 4.83. The van der Waals surface area contributed by atoms with Crippen molar-refractivity contribution in [2.24, 2.45) is 0 Å². The molecule has 5 nitrogen and oxygen atoms in total. The molecule has 1 aliphatic rings. The van der Waals surface area contributed by atoms with Gasteiger partial charge in [0.05, 0.1) is 12.2 Å². The van der Waals surface area contributed by atoms with Crippen LogP contribution in [0.2, 0.25) is 0 Å². The minimum atomic E-state index is -0.294. The molecule has 1 amide bonds. The average Bonchev–Trinajstić information content (AvgIpc) is 3.01. The van der Waals surface area contributed by atoms with Gasteiger partial charge >= 0.3 is 0 Å². The molecule has 2 aromatic rings. The lowest BCUT2D eigenvalue weighted by atomic mass is 9.97. The number of fused-ring (bicyclic) bond motifs is 1. The zero-order valence-corrected chi connectivity index (χ0v) is 18.2. The molecule has 0 atom stereocenters. The number of carbonyl (C=O) groups excluding carboxylic acids is 1. The van der Waals surface area contributed by atoms with Gasteiger partial charge in [-0.3, -0.25) is 10.1 Å². The molecule has 3 rings (SSSR count). The lowest BCUT2D eigenvalue weighted by Crippen LogP contribution is -2.34. The summed E-state index contributed by atoms with van der Waals surface area (Å²) in [4.78, 5) is 13.7. The zero-order valence-electron chi connectivity index (χ0n) is 16.5. The van der Waals surface area contributed by atoms with Gasteiger partial charge < -0.3 is 10.1 Å². The Morgan fingerprint density at radius 3 is 2.62 bits per heavy atom. The van der Waals surface area contributed by atoms with Crippen LogP contribution in [0.25, 0.3) is 0 Å². The first-order chi connectivity index (χ1) is 14.1. The Hall–Kier alpha value is -2.43. The first-order valence-electron chi connectivity index (χ1n) is 10.0. The van der Waals surface area contributed by atoms with Crippen molar-refractivity contribution in [1.82, 2.24) is 5.32 Å². The summed E-state index contributed by atoms with van der Waals surface area (Å²) >= 11 is 6.91. The first-order valence-corrected chi connectivity index (χ1v) is 11.2. The van der Waals surface area contributed by atoms with Crippen LogP contribution in [0, 0.1) is 11.3 Å². The van der Waals surface area contributed by atoms with E-state index in [1.807, 2.05) is 6.92 Å². The van der Waals surface area contributed by atoms with Crippen LogP contribution in [0.1, 0.15) is 65.4 Å². The van der Waals surface area contributed by atoms with Gasteiger partial charge in [-0.05, 0) is 74.2 Å². The van der Waals surface area contributed by atoms with Gasteiger partial charge in [0.2, 0.25) is 0 Å². The summed E-state index contributed by atoms with van der Waals surface area (Å²) in [7, 11) is 0. The Labute approximate surface area is 181 Å². The number of aryl methyl sites for hydroxylation is 1. The first kappa shape index (κ1) is 21.3. The van der Waals surface area contributed by atoms with Gasteiger partial charge in [-0.2, -0.15) is 5.26 Å². The maximum Gasteiger partial charge on any atom is 0.257 e. The largest absolute Gasteiger partial charge is 0.494 e. The summed E-state index contributed by atoms with van der Waals surface area (Å²) in [6.45, 7) is 2.69. The van der Waals surface area contributed by atoms with Crippen molar-refractivity contribution >= 4 is 39.6 Å². The van der Waals surface area contributed by atoms with E-state index < -0.39 is 0 Å². The standard InChI is InChI=1S/C22H25N3O2S2/c1-2-13-27-16-11-9-15(10-12-16)20(26)24-22(28)25-21-18(14-23)17-7-5-3-4-6-8-19(17)29-21/h9-12H,2-8,13H2,1H3,(H2,24,25,26,28). The van der Waals surface area contributed by atoms with Crippen molar-refractivity contribution in [3.05, 3.63) is 45.8 Å². The summed E-state index contributed by atoms with van der Waals surface area (Å²) in [6.07, 6.45) is 7.56. The normalized spacial score (nSPS) is 13.4. The lowest BCUT2D eigenvalue weighted by Gasteiger charge is -2.10. The van der Waals surface area contributed by atoms with Crippen molar-refractivity contribution in [1.29, 1.82) is 5.26 Å². The molecular weight excluding hydrogens is 402 g/mol. The molecule has 2 N–H and O–H groups in total. The van der Waals surface area contributed by atoms with Crippen LogP contribution in [-0.2, 0) is 12.8 Å². The fraction of sp³-hybridized carbons (Fsp3) is 0.409. The number of thiophene rings is 1. The molecule has 1 aromatic heterocycles.